The van der Waals surface area contributed by atoms with Crippen molar-refractivity contribution in [2.75, 3.05) is 13.2 Å². The summed E-state index contributed by atoms with van der Waals surface area (Å²) < 4.78 is 5.95. The number of ether oxygens (including phenoxy) is 1. The van der Waals surface area contributed by atoms with E-state index in [0.717, 1.165) is 57.8 Å². The van der Waals surface area contributed by atoms with Crippen molar-refractivity contribution in [2.24, 2.45) is 51.8 Å². The Morgan fingerprint density at radius 1 is 0.953 bits per heavy atom. The van der Waals surface area contributed by atoms with Gasteiger partial charge in [0.15, 0.2) is 0 Å². The lowest BCUT2D eigenvalue weighted by atomic mass is 9.37. The highest BCUT2D eigenvalue weighted by molar-refractivity contribution is 5.87. The standard InChI is InChI=1S/C34H53NO8/c1-18-7-13-34(30(41)35-16-26(37)38)14-9-20-19(22(34)15-18)5-6-24-31(20,2)12-10-25-32(24,3)11-8-21(33(25,4)42)29-28(40)27(39)23(17-36)43-29/h5,18,20-25,27-29,36,39-40,42H,6-17H2,1-4H3,(H,35,41)(H,37,38)/t18?,20?,21?,22?,23?,24?,25?,27?,28?,29?,31?,32?,33-,34?/m1/s1. The molecule has 6 rings (SSSR count). The van der Waals surface area contributed by atoms with Crippen molar-refractivity contribution in [3.63, 3.8) is 0 Å². The molecule has 9 heteroatoms. The molecule has 5 fully saturated rings. The predicted molar refractivity (Wildman–Crippen MR) is 159 cm³/mol. The fourth-order valence-electron chi connectivity index (χ4n) is 12.0. The summed E-state index contributed by atoms with van der Waals surface area (Å²) in [5, 5.41) is 55.2. The third-order valence-corrected chi connectivity index (χ3v) is 14.1. The lowest BCUT2D eigenvalue weighted by Gasteiger charge is -2.68. The Bertz CT molecular complexity index is 1160. The summed E-state index contributed by atoms with van der Waals surface area (Å²) in [6.07, 6.45) is 7.34. The summed E-state index contributed by atoms with van der Waals surface area (Å²) in [5.74, 6) is -0.0542. The van der Waals surface area contributed by atoms with Gasteiger partial charge in [-0.25, -0.2) is 0 Å². The minimum Gasteiger partial charge on any atom is -0.480 e. The zero-order valence-electron chi connectivity index (χ0n) is 26.3. The Labute approximate surface area is 255 Å². The molecule has 0 aromatic rings. The molecule has 6 N–H and O–H groups in total. The lowest BCUT2D eigenvalue weighted by Crippen LogP contribution is -2.65. The van der Waals surface area contributed by atoms with Crippen molar-refractivity contribution in [1.29, 1.82) is 0 Å². The first-order valence-electron chi connectivity index (χ1n) is 16.8. The predicted octanol–water partition coefficient (Wildman–Crippen LogP) is 3.03. The number of carboxylic acids is 1. The number of nitrogens with one attached hydrogen (secondary N) is 1. The van der Waals surface area contributed by atoms with Crippen LogP contribution in [0, 0.1) is 51.8 Å². The van der Waals surface area contributed by atoms with Crippen LogP contribution in [-0.2, 0) is 14.3 Å². The van der Waals surface area contributed by atoms with Crippen LogP contribution in [0.3, 0.4) is 0 Å². The summed E-state index contributed by atoms with van der Waals surface area (Å²) in [6, 6.07) is 0. The smallest absolute Gasteiger partial charge is 0.322 e. The molecule has 242 valence electrons. The Morgan fingerprint density at radius 2 is 1.65 bits per heavy atom. The van der Waals surface area contributed by atoms with E-state index < -0.39 is 41.4 Å². The molecule has 4 saturated carbocycles. The number of carboxylic acid groups (broad SMARTS) is 1. The van der Waals surface area contributed by atoms with Crippen molar-refractivity contribution >= 4 is 11.9 Å². The van der Waals surface area contributed by atoms with Gasteiger partial charge in [-0.05, 0) is 112 Å². The van der Waals surface area contributed by atoms with Gasteiger partial charge in [-0.1, -0.05) is 32.4 Å². The van der Waals surface area contributed by atoms with Gasteiger partial charge in [0.1, 0.15) is 24.9 Å². The monoisotopic (exact) mass is 603 g/mol. The zero-order chi connectivity index (χ0) is 31.1. The Morgan fingerprint density at radius 3 is 2.33 bits per heavy atom. The number of aliphatic hydroxyl groups excluding tert-OH is 3. The molecular formula is C34H53NO8. The second-order valence-electron chi connectivity index (χ2n) is 16.0. The molecule has 1 saturated heterocycles. The molecule has 13 unspecified atom stereocenters. The molecule has 0 radical (unpaired) electrons. The van der Waals surface area contributed by atoms with Gasteiger partial charge in [0.25, 0.3) is 0 Å². The minimum absolute atomic E-state index is 0.00655. The molecule has 43 heavy (non-hydrogen) atoms. The second-order valence-corrected chi connectivity index (χ2v) is 16.0. The molecule has 9 nitrogen and oxygen atoms in total. The van der Waals surface area contributed by atoms with Gasteiger partial charge in [0.2, 0.25) is 5.91 Å². The van der Waals surface area contributed by atoms with Gasteiger partial charge in [0, 0.05) is 5.92 Å². The Hall–Kier alpha value is -1.52. The number of aliphatic carboxylic acids is 1. The van der Waals surface area contributed by atoms with Crippen molar-refractivity contribution in [3.05, 3.63) is 11.6 Å². The van der Waals surface area contributed by atoms with Gasteiger partial charge >= 0.3 is 5.97 Å². The highest BCUT2D eigenvalue weighted by Crippen LogP contribution is 2.71. The zero-order valence-corrected chi connectivity index (χ0v) is 26.3. The number of carbonyl (C=O) groups excluding carboxylic acids is 1. The van der Waals surface area contributed by atoms with E-state index in [2.05, 4.69) is 32.2 Å². The van der Waals surface area contributed by atoms with Crippen LogP contribution >= 0.6 is 0 Å². The third kappa shape index (κ3) is 4.57. The molecule has 0 bridgehead atoms. The van der Waals surface area contributed by atoms with E-state index in [1.165, 1.54) is 5.57 Å². The maximum Gasteiger partial charge on any atom is 0.322 e. The quantitative estimate of drug-likeness (QED) is 0.262. The highest BCUT2D eigenvalue weighted by atomic mass is 16.6. The molecule has 1 aliphatic heterocycles. The average molecular weight is 604 g/mol. The molecule has 0 aromatic carbocycles. The van der Waals surface area contributed by atoms with Gasteiger partial charge in [-0.2, -0.15) is 0 Å². The van der Waals surface area contributed by atoms with Crippen LogP contribution in [0.25, 0.3) is 0 Å². The lowest BCUT2D eigenvalue weighted by molar-refractivity contribution is -0.229. The fraction of sp³-hybridized carbons (Fsp3) is 0.882. The topological polar surface area (TPSA) is 157 Å². The fourth-order valence-corrected chi connectivity index (χ4v) is 12.0. The van der Waals surface area contributed by atoms with E-state index in [1.807, 2.05) is 6.92 Å². The van der Waals surface area contributed by atoms with Crippen molar-refractivity contribution in [1.82, 2.24) is 5.32 Å². The van der Waals surface area contributed by atoms with Gasteiger partial charge < -0.3 is 35.6 Å². The van der Waals surface area contributed by atoms with Crippen LogP contribution in [0.15, 0.2) is 11.6 Å². The molecule has 1 heterocycles. The Kier molecular flexibility index (Phi) is 7.89. The molecule has 14 atom stereocenters. The van der Waals surface area contributed by atoms with Crippen LogP contribution in [0.2, 0.25) is 0 Å². The van der Waals surface area contributed by atoms with Crippen LogP contribution in [0.1, 0.15) is 91.9 Å². The normalized spacial score (nSPS) is 52.6. The van der Waals surface area contributed by atoms with Crippen LogP contribution < -0.4 is 5.32 Å². The van der Waals surface area contributed by atoms with Crippen LogP contribution in [-0.4, -0.2) is 80.6 Å². The molecular weight excluding hydrogens is 550 g/mol. The maximum atomic E-state index is 13.6. The average Bonchev–Trinajstić information content (AvgIpc) is 3.23. The van der Waals surface area contributed by atoms with E-state index in [4.69, 9.17) is 4.74 Å². The molecule has 6 aliphatic rings. The van der Waals surface area contributed by atoms with E-state index in [-0.39, 0.29) is 47.6 Å². The third-order valence-electron chi connectivity index (χ3n) is 14.1. The first-order chi connectivity index (χ1) is 20.2. The SMILES string of the molecule is CC1CCC2(C(=O)NCC(=O)O)CCC3C(=CCC4C3(C)CCC3C4(C)CCC(C4OC(CO)C(O)C4O)[C@@]3(C)O)C2C1. The molecule has 1 amide bonds. The van der Waals surface area contributed by atoms with Crippen molar-refractivity contribution < 1.29 is 39.9 Å². The number of allylic oxidation sites excluding steroid dienone is 2. The molecule has 5 aliphatic carbocycles. The van der Waals surface area contributed by atoms with E-state index in [0.29, 0.717) is 24.2 Å². The minimum atomic E-state index is -1.16. The van der Waals surface area contributed by atoms with Crippen molar-refractivity contribution in [2.45, 2.75) is 122 Å². The number of hydrogen-bond donors (Lipinski definition) is 6. The van der Waals surface area contributed by atoms with Crippen LogP contribution in [0.4, 0.5) is 0 Å². The molecule has 0 spiro atoms. The second kappa shape index (κ2) is 10.8. The van der Waals surface area contributed by atoms with E-state index in [1.54, 1.807) is 0 Å². The van der Waals surface area contributed by atoms with Crippen LogP contribution in [0.5, 0.6) is 0 Å². The van der Waals surface area contributed by atoms with Gasteiger partial charge in [-0.15, -0.1) is 0 Å². The summed E-state index contributed by atoms with van der Waals surface area (Å²) >= 11 is 0. The number of hydrogen-bond acceptors (Lipinski definition) is 7. The number of rotatable bonds is 5. The summed E-state index contributed by atoms with van der Waals surface area (Å²) in [6.45, 7) is 8.27. The van der Waals surface area contributed by atoms with E-state index >= 15 is 0 Å². The number of aliphatic hydroxyl groups is 4. The summed E-state index contributed by atoms with van der Waals surface area (Å²) in [4.78, 5) is 24.9. The number of carbonyl (C=O) groups is 2. The largest absolute Gasteiger partial charge is 0.480 e. The first-order valence-corrected chi connectivity index (χ1v) is 16.8. The maximum absolute atomic E-state index is 13.6. The Balaban J connectivity index is 1.29. The van der Waals surface area contributed by atoms with E-state index in [9.17, 15) is 35.1 Å². The highest BCUT2D eigenvalue weighted by Gasteiger charge is 2.67. The van der Waals surface area contributed by atoms with Gasteiger partial charge in [-0.3, -0.25) is 9.59 Å². The number of amides is 1. The first kappa shape index (κ1) is 31.5. The number of fused-ring (bicyclic) bond motifs is 7. The van der Waals surface area contributed by atoms with Gasteiger partial charge in [0.05, 0.1) is 23.7 Å². The summed E-state index contributed by atoms with van der Waals surface area (Å²) in [5.41, 5.74) is -0.298. The van der Waals surface area contributed by atoms with Crippen molar-refractivity contribution in [3.8, 4) is 0 Å². The summed E-state index contributed by atoms with van der Waals surface area (Å²) in [7, 11) is 0. The molecule has 0 aromatic heterocycles.